The van der Waals surface area contributed by atoms with E-state index in [9.17, 15) is 13.5 Å². The van der Waals surface area contributed by atoms with E-state index in [1.165, 1.54) is 6.26 Å². The Bertz CT molecular complexity index is 267. The first kappa shape index (κ1) is 12.9. The largest absolute Gasteiger partial charge is 0.393 e. The molecule has 1 aliphatic heterocycles. The van der Waals surface area contributed by atoms with E-state index >= 15 is 0 Å². The summed E-state index contributed by atoms with van der Waals surface area (Å²) in [6.07, 6.45) is 4.86. The van der Waals surface area contributed by atoms with Crippen molar-refractivity contribution in [1.82, 2.24) is 0 Å². The monoisotopic (exact) mass is 236 g/mol. The predicted octanol–water partition coefficient (Wildman–Crippen LogP) is 0.741. The van der Waals surface area contributed by atoms with Crippen molar-refractivity contribution in [1.29, 1.82) is 0 Å². The van der Waals surface area contributed by atoms with Crippen LogP contribution in [0.5, 0.6) is 0 Å². The Morgan fingerprint density at radius 2 is 2.20 bits per heavy atom. The van der Waals surface area contributed by atoms with Crippen LogP contribution in [-0.2, 0) is 14.6 Å². The SMILES string of the molecule is CS(=O)(=O)CCC(O)CC1CCCCO1. The average Bonchev–Trinajstić information content (AvgIpc) is 2.15. The second kappa shape index (κ2) is 5.82. The third-order valence-corrected chi connectivity index (χ3v) is 3.61. The molecule has 0 aromatic heterocycles. The number of ether oxygens (including phenoxy) is 1. The van der Waals surface area contributed by atoms with Crippen LogP contribution in [0.15, 0.2) is 0 Å². The van der Waals surface area contributed by atoms with Gasteiger partial charge in [0.2, 0.25) is 0 Å². The lowest BCUT2D eigenvalue weighted by atomic mass is 10.0. The molecule has 1 saturated heterocycles. The first-order valence-electron chi connectivity index (χ1n) is 5.45. The normalized spacial score (nSPS) is 25.1. The van der Waals surface area contributed by atoms with Gasteiger partial charge in [0.1, 0.15) is 9.84 Å². The fourth-order valence-corrected chi connectivity index (χ4v) is 2.46. The van der Waals surface area contributed by atoms with E-state index in [0.29, 0.717) is 12.8 Å². The summed E-state index contributed by atoms with van der Waals surface area (Å²) in [6, 6.07) is 0. The van der Waals surface area contributed by atoms with Crippen molar-refractivity contribution in [2.75, 3.05) is 18.6 Å². The lowest BCUT2D eigenvalue weighted by Crippen LogP contribution is -2.25. The quantitative estimate of drug-likeness (QED) is 0.764. The van der Waals surface area contributed by atoms with Gasteiger partial charge < -0.3 is 9.84 Å². The molecule has 0 radical (unpaired) electrons. The molecule has 0 amide bonds. The molecule has 2 unspecified atom stereocenters. The number of aliphatic hydroxyl groups excluding tert-OH is 1. The molecule has 1 aliphatic rings. The van der Waals surface area contributed by atoms with Gasteiger partial charge in [-0.05, 0) is 32.1 Å². The van der Waals surface area contributed by atoms with Gasteiger partial charge in [0.15, 0.2) is 0 Å². The Morgan fingerprint density at radius 3 is 2.73 bits per heavy atom. The summed E-state index contributed by atoms with van der Waals surface area (Å²) in [6.45, 7) is 0.767. The van der Waals surface area contributed by atoms with Gasteiger partial charge in [0.25, 0.3) is 0 Å². The van der Waals surface area contributed by atoms with Crippen molar-refractivity contribution < 1.29 is 18.3 Å². The standard InChI is InChI=1S/C10H20O4S/c1-15(12,13)7-5-9(11)8-10-4-2-3-6-14-10/h9-11H,2-8H2,1H3. The van der Waals surface area contributed by atoms with Crippen molar-refractivity contribution in [2.45, 2.75) is 44.3 Å². The van der Waals surface area contributed by atoms with Gasteiger partial charge in [-0.1, -0.05) is 0 Å². The van der Waals surface area contributed by atoms with Gasteiger partial charge in [-0.2, -0.15) is 0 Å². The van der Waals surface area contributed by atoms with Crippen LogP contribution in [0.25, 0.3) is 0 Å². The van der Waals surface area contributed by atoms with Crippen molar-refractivity contribution in [3.05, 3.63) is 0 Å². The summed E-state index contributed by atoms with van der Waals surface area (Å²) in [4.78, 5) is 0. The highest BCUT2D eigenvalue weighted by atomic mass is 32.2. The van der Waals surface area contributed by atoms with Gasteiger partial charge in [-0.3, -0.25) is 0 Å². The van der Waals surface area contributed by atoms with Crippen LogP contribution in [-0.4, -0.2) is 44.3 Å². The van der Waals surface area contributed by atoms with Crippen LogP contribution in [0.3, 0.4) is 0 Å². The van der Waals surface area contributed by atoms with E-state index in [1.807, 2.05) is 0 Å². The van der Waals surface area contributed by atoms with Crippen LogP contribution in [0, 0.1) is 0 Å². The highest BCUT2D eigenvalue weighted by Gasteiger charge is 2.18. The third-order valence-electron chi connectivity index (χ3n) is 2.63. The summed E-state index contributed by atoms with van der Waals surface area (Å²) in [7, 11) is -2.96. The predicted molar refractivity (Wildman–Crippen MR) is 58.5 cm³/mol. The highest BCUT2D eigenvalue weighted by Crippen LogP contribution is 2.18. The van der Waals surface area contributed by atoms with E-state index in [0.717, 1.165) is 25.9 Å². The molecule has 4 nitrogen and oxygen atoms in total. The maximum Gasteiger partial charge on any atom is 0.147 e. The zero-order valence-corrected chi connectivity index (χ0v) is 10.0. The van der Waals surface area contributed by atoms with Crippen molar-refractivity contribution in [3.63, 3.8) is 0 Å². The maximum absolute atomic E-state index is 10.9. The first-order chi connectivity index (χ1) is 6.97. The molecule has 15 heavy (non-hydrogen) atoms. The zero-order valence-electron chi connectivity index (χ0n) is 9.18. The van der Waals surface area contributed by atoms with Crippen LogP contribution >= 0.6 is 0 Å². The van der Waals surface area contributed by atoms with E-state index in [1.54, 1.807) is 0 Å². The summed E-state index contributed by atoms with van der Waals surface area (Å²) in [5, 5.41) is 9.62. The second-order valence-electron chi connectivity index (χ2n) is 4.30. The zero-order chi connectivity index (χ0) is 11.3. The Morgan fingerprint density at radius 1 is 1.47 bits per heavy atom. The molecular formula is C10H20O4S. The molecule has 5 heteroatoms. The molecule has 0 bridgehead atoms. The molecule has 0 spiro atoms. The summed E-state index contributed by atoms with van der Waals surface area (Å²) in [5.74, 6) is 0.0564. The van der Waals surface area contributed by atoms with Gasteiger partial charge in [0.05, 0.1) is 18.0 Å². The highest BCUT2D eigenvalue weighted by molar-refractivity contribution is 7.90. The minimum atomic E-state index is -2.96. The number of aliphatic hydroxyl groups is 1. The van der Waals surface area contributed by atoms with E-state index in [2.05, 4.69) is 0 Å². The number of hydrogen-bond donors (Lipinski definition) is 1. The Kier molecular flexibility index (Phi) is 5.02. The minimum Gasteiger partial charge on any atom is -0.393 e. The fourth-order valence-electron chi connectivity index (χ4n) is 1.76. The van der Waals surface area contributed by atoms with Crippen molar-refractivity contribution in [2.24, 2.45) is 0 Å². The van der Waals surface area contributed by atoms with Gasteiger partial charge in [-0.25, -0.2) is 8.42 Å². The van der Waals surface area contributed by atoms with Gasteiger partial charge in [0, 0.05) is 12.9 Å². The van der Waals surface area contributed by atoms with Gasteiger partial charge in [-0.15, -0.1) is 0 Å². The molecule has 0 saturated carbocycles. The minimum absolute atomic E-state index is 0.0564. The molecule has 1 fully saturated rings. The van der Waals surface area contributed by atoms with E-state index in [4.69, 9.17) is 4.74 Å². The molecule has 1 N–H and O–H groups in total. The van der Waals surface area contributed by atoms with E-state index in [-0.39, 0.29) is 11.9 Å². The van der Waals surface area contributed by atoms with Gasteiger partial charge >= 0.3 is 0 Å². The molecule has 1 heterocycles. The molecule has 2 atom stereocenters. The smallest absolute Gasteiger partial charge is 0.147 e. The number of hydrogen-bond acceptors (Lipinski definition) is 4. The molecule has 1 rings (SSSR count). The Labute approximate surface area is 91.6 Å². The average molecular weight is 236 g/mol. The molecule has 0 aromatic carbocycles. The molecule has 0 aliphatic carbocycles. The van der Waals surface area contributed by atoms with E-state index < -0.39 is 15.9 Å². The number of rotatable bonds is 5. The van der Waals surface area contributed by atoms with Crippen molar-refractivity contribution >= 4 is 9.84 Å². The molecule has 0 aromatic rings. The second-order valence-corrected chi connectivity index (χ2v) is 6.56. The lowest BCUT2D eigenvalue weighted by Gasteiger charge is -2.24. The lowest BCUT2D eigenvalue weighted by molar-refractivity contribution is -0.0153. The Hall–Kier alpha value is -0.130. The summed E-state index contributed by atoms with van der Waals surface area (Å²) >= 11 is 0. The maximum atomic E-state index is 10.9. The number of sulfone groups is 1. The molecule has 90 valence electrons. The van der Waals surface area contributed by atoms with Crippen LogP contribution in [0.1, 0.15) is 32.1 Å². The topological polar surface area (TPSA) is 63.6 Å². The van der Waals surface area contributed by atoms with Crippen LogP contribution in [0.2, 0.25) is 0 Å². The molecular weight excluding hydrogens is 216 g/mol. The van der Waals surface area contributed by atoms with Crippen LogP contribution in [0.4, 0.5) is 0 Å². The third kappa shape index (κ3) is 6.12. The van der Waals surface area contributed by atoms with Crippen LogP contribution < -0.4 is 0 Å². The first-order valence-corrected chi connectivity index (χ1v) is 7.51. The van der Waals surface area contributed by atoms with Crippen molar-refractivity contribution in [3.8, 4) is 0 Å². The Balaban J connectivity index is 2.20. The summed E-state index contributed by atoms with van der Waals surface area (Å²) < 4.78 is 27.2. The fraction of sp³-hybridized carbons (Fsp3) is 1.00. The summed E-state index contributed by atoms with van der Waals surface area (Å²) in [5.41, 5.74) is 0.